The molecule has 2 aromatic heterocycles. The Bertz CT molecular complexity index is 1740. The minimum absolute atomic E-state index is 0.0228. The molecule has 0 unspecified atom stereocenters. The van der Waals surface area contributed by atoms with Crippen LogP contribution in [0, 0.1) is 18.3 Å². The number of piperidine rings is 1. The molecule has 11 heteroatoms. The van der Waals surface area contributed by atoms with Crippen molar-refractivity contribution in [2.45, 2.75) is 38.2 Å². The second kappa shape index (κ2) is 10.7. The Kier molecular flexibility index (Phi) is 6.93. The van der Waals surface area contributed by atoms with Crippen LogP contribution in [0.4, 0.5) is 5.69 Å². The van der Waals surface area contributed by atoms with Crippen LogP contribution in [-0.2, 0) is 11.8 Å². The van der Waals surface area contributed by atoms with E-state index >= 15 is 0 Å². The van der Waals surface area contributed by atoms with Gasteiger partial charge in [-0.3, -0.25) is 9.59 Å². The van der Waals surface area contributed by atoms with Gasteiger partial charge in [0.25, 0.3) is 11.5 Å². The van der Waals surface area contributed by atoms with Crippen LogP contribution in [0.25, 0.3) is 22.3 Å². The van der Waals surface area contributed by atoms with Crippen LogP contribution in [0.1, 0.15) is 52.6 Å². The molecule has 0 spiro atoms. The van der Waals surface area contributed by atoms with Crippen molar-refractivity contribution in [1.29, 1.82) is 5.26 Å². The minimum atomic E-state index is -0.814. The number of anilines is 1. The molecular formula is C30H30N6O5. The maximum absolute atomic E-state index is 13.4. The van der Waals surface area contributed by atoms with Gasteiger partial charge in [0.2, 0.25) is 11.7 Å². The highest BCUT2D eigenvalue weighted by molar-refractivity contribution is 6.07. The van der Waals surface area contributed by atoms with E-state index in [1.165, 1.54) is 4.57 Å². The Balaban J connectivity index is 1.34. The molecule has 1 amide bonds. The maximum atomic E-state index is 13.4. The van der Waals surface area contributed by atoms with Gasteiger partial charge >= 0.3 is 0 Å². The SMILES string of the molecule is Cc1ccccc1-c1noc(C2CCN(c3c(C(N)=O)c(=O)n(C)c4cc(O[C@@H]5CCOC5)c(C#N)cc34)CC2)n1. The molecule has 2 saturated heterocycles. The smallest absolute Gasteiger partial charge is 0.265 e. The Morgan fingerprint density at radius 1 is 1.20 bits per heavy atom. The number of carbonyl (C=O) groups excluding carboxylic acids is 1. The Morgan fingerprint density at radius 2 is 1.98 bits per heavy atom. The molecular weight excluding hydrogens is 524 g/mol. The van der Waals surface area contributed by atoms with Crippen molar-refractivity contribution in [2.75, 3.05) is 31.2 Å². The van der Waals surface area contributed by atoms with Crippen molar-refractivity contribution in [1.82, 2.24) is 14.7 Å². The van der Waals surface area contributed by atoms with Gasteiger partial charge in [-0.05, 0) is 31.4 Å². The molecule has 0 radical (unpaired) electrons. The minimum Gasteiger partial charge on any atom is -0.486 e. The van der Waals surface area contributed by atoms with Crippen molar-refractivity contribution in [3.63, 3.8) is 0 Å². The average Bonchev–Trinajstić information content (AvgIpc) is 3.68. The Hall–Kier alpha value is -4.69. The van der Waals surface area contributed by atoms with E-state index in [1.807, 2.05) is 36.1 Å². The van der Waals surface area contributed by atoms with Gasteiger partial charge in [0.05, 0.1) is 30.0 Å². The molecule has 4 aromatic rings. The van der Waals surface area contributed by atoms with Crippen LogP contribution in [0.2, 0.25) is 0 Å². The molecule has 210 valence electrons. The van der Waals surface area contributed by atoms with Crippen LogP contribution in [0.5, 0.6) is 5.75 Å². The van der Waals surface area contributed by atoms with Gasteiger partial charge in [-0.1, -0.05) is 29.4 Å². The van der Waals surface area contributed by atoms with E-state index in [0.717, 1.165) is 17.5 Å². The van der Waals surface area contributed by atoms with Crippen molar-refractivity contribution in [3.05, 3.63) is 69.3 Å². The Morgan fingerprint density at radius 3 is 2.66 bits per heavy atom. The number of rotatable bonds is 6. The van der Waals surface area contributed by atoms with Crippen LogP contribution in [0.15, 0.2) is 45.7 Å². The number of pyridine rings is 1. The number of nitrogens with two attached hydrogens (primary N) is 1. The fourth-order valence-corrected chi connectivity index (χ4v) is 5.75. The predicted octanol–water partition coefficient (Wildman–Crippen LogP) is 3.42. The second-order valence-corrected chi connectivity index (χ2v) is 10.6. The molecule has 1 atom stereocenters. The monoisotopic (exact) mass is 554 g/mol. The molecule has 0 saturated carbocycles. The molecule has 0 aliphatic carbocycles. The lowest BCUT2D eigenvalue weighted by atomic mass is 9.94. The number of nitriles is 1. The fraction of sp³-hybridized carbons (Fsp3) is 0.367. The van der Waals surface area contributed by atoms with E-state index in [9.17, 15) is 14.9 Å². The van der Waals surface area contributed by atoms with Crippen LogP contribution in [-0.4, -0.2) is 53.0 Å². The number of ether oxygens (including phenoxy) is 2. The number of aromatic nitrogens is 3. The summed E-state index contributed by atoms with van der Waals surface area (Å²) in [7, 11) is 1.59. The zero-order valence-electron chi connectivity index (χ0n) is 22.9. The lowest BCUT2D eigenvalue weighted by Gasteiger charge is -2.34. The summed E-state index contributed by atoms with van der Waals surface area (Å²) < 4.78 is 18.5. The number of primary amides is 1. The third-order valence-electron chi connectivity index (χ3n) is 8.01. The molecule has 4 heterocycles. The summed E-state index contributed by atoms with van der Waals surface area (Å²) in [5, 5.41) is 14.8. The summed E-state index contributed by atoms with van der Waals surface area (Å²) in [5.41, 5.74) is 8.45. The van der Waals surface area contributed by atoms with E-state index < -0.39 is 11.5 Å². The third kappa shape index (κ3) is 4.80. The molecule has 2 aliphatic heterocycles. The van der Waals surface area contributed by atoms with E-state index in [1.54, 1.807) is 19.2 Å². The molecule has 2 aromatic carbocycles. The number of benzene rings is 2. The first-order valence-corrected chi connectivity index (χ1v) is 13.6. The highest BCUT2D eigenvalue weighted by Gasteiger charge is 2.31. The summed E-state index contributed by atoms with van der Waals surface area (Å²) in [4.78, 5) is 32.7. The second-order valence-electron chi connectivity index (χ2n) is 10.6. The molecule has 2 N–H and O–H groups in total. The molecule has 11 nitrogen and oxygen atoms in total. The highest BCUT2D eigenvalue weighted by atomic mass is 16.5. The number of hydrogen-bond acceptors (Lipinski definition) is 9. The van der Waals surface area contributed by atoms with Gasteiger partial charge in [0.1, 0.15) is 23.5 Å². The van der Waals surface area contributed by atoms with Gasteiger partial charge in [-0.15, -0.1) is 0 Å². The van der Waals surface area contributed by atoms with Crippen LogP contribution < -0.4 is 20.9 Å². The number of fused-ring (bicyclic) bond motifs is 1. The average molecular weight is 555 g/mol. The Labute approximate surface area is 236 Å². The van der Waals surface area contributed by atoms with E-state index in [-0.39, 0.29) is 17.6 Å². The summed E-state index contributed by atoms with van der Waals surface area (Å²) in [6, 6.07) is 13.5. The lowest BCUT2D eigenvalue weighted by molar-refractivity contribution is 0.0999. The quantitative estimate of drug-likeness (QED) is 0.378. The van der Waals surface area contributed by atoms with Gasteiger partial charge in [0, 0.05) is 49.5 Å². The van der Waals surface area contributed by atoms with Gasteiger partial charge in [0.15, 0.2) is 0 Å². The number of carbonyl (C=O) groups is 1. The predicted molar refractivity (Wildman–Crippen MR) is 151 cm³/mol. The van der Waals surface area contributed by atoms with Crippen molar-refractivity contribution in [2.24, 2.45) is 12.8 Å². The van der Waals surface area contributed by atoms with Gasteiger partial charge < -0.3 is 29.2 Å². The number of amides is 1. The first kappa shape index (κ1) is 26.5. The first-order valence-electron chi connectivity index (χ1n) is 13.6. The van der Waals surface area contributed by atoms with Crippen molar-refractivity contribution < 1.29 is 18.8 Å². The number of hydrogen-bond donors (Lipinski definition) is 1. The first-order chi connectivity index (χ1) is 19.9. The van der Waals surface area contributed by atoms with E-state index in [4.69, 9.17) is 19.7 Å². The zero-order chi connectivity index (χ0) is 28.7. The topological polar surface area (TPSA) is 150 Å². The molecule has 0 bridgehead atoms. The largest absolute Gasteiger partial charge is 0.486 e. The van der Waals surface area contributed by atoms with Crippen LogP contribution >= 0.6 is 0 Å². The molecule has 41 heavy (non-hydrogen) atoms. The van der Waals surface area contributed by atoms with E-state index in [0.29, 0.717) is 78.8 Å². The molecule has 2 aliphatic rings. The summed E-state index contributed by atoms with van der Waals surface area (Å²) in [6.45, 7) is 4.08. The van der Waals surface area contributed by atoms with Crippen molar-refractivity contribution >= 4 is 22.5 Å². The van der Waals surface area contributed by atoms with Gasteiger partial charge in [-0.2, -0.15) is 10.2 Å². The normalized spacial score (nSPS) is 17.6. The molecule has 6 rings (SSSR count). The lowest BCUT2D eigenvalue weighted by Crippen LogP contribution is -2.38. The van der Waals surface area contributed by atoms with E-state index in [2.05, 4.69) is 16.2 Å². The zero-order valence-corrected chi connectivity index (χ0v) is 22.9. The molecule has 2 fully saturated rings. The third-order valence-corrected chi connectivity index (χ3v) is 8.01. The summed E-state index contributed by atoms with van der Waals surface area (Å²) >= 11 is 0. The summed E-state index contributed by atoms with van der Waals surface area (Å²) in [5.74, 6) is 0.709. The summed E-state index contributed by atoms with van der Waals surface area (Å²) in [6.07, 6.45) is 1.88. The highest BCUT2D eigenvalue weighted by Crippen LogP contribution is 2.38. The fourth-order valence-electron chi connectivity index (χ4n) is 5.75. The number of nitrogens with zero attached hydrogens (tertiary/aromatic N) is 5. The number of aryl methyl sites for hydroxylation is 2. The van der Waals surface area contributed by atoms with Crippen LogP contribution in [0.3, 0.4) is 0 Å². The maximum Gasteiger partial charge on any atom is 0.265 e. The van der Waals surface area contributed by atoms with Gasteiger partial charge in [-0.25, -0.2) is 0 Å². The standard InChI is InChI=1S/C30H30N6O5/c1-17-5-3-4-6-21(17)28-33-29(41-34-28)18-7-10-36(11-8-18)26-22-13-19(15-31)24(40-20-9-12-39-16-20)14-23(22)35(2)30(38)25(26)27(32)37/h3-6,13-14,18,20H,7-12,16H2,1-2H3,(H2,32,37)/t20-/m1/s1. The van der Waals surface area contributed by atoms with Crippen molar-refractivity contribution in [3.8, 4) is 23.2 Å².